The van der Waals surface area contributed by atoms with Crippen molar-refractivity contribution in [2.45, 2.75) is 18.9 Å². The van der Waals surface area contributed by atoms with Gasteiger partial charge in [-0.1, -0.05) is 0 Å². The molecule has 1 saturated heterocycles. The van der Waals surface area contributed by atoms with Crippen LogP contribution in [-0.2, 0) is 0 Å². The Labute approximate surface area is 156 Å². The number of benzene rings is 1. The van der Waals surface area contributed by atoms with Crippen LogP contribution < -0.4 is 15.4 Å². The van der Waals surface area contributed by atoms with E-state index in [1.54, 1.807) is 6.07 Å². The molecule has 142 valence electrons. The van der Waals surface area contributed by atoms with Gasteiger partial charge in [-0.2, -0.15) is 5.10 Å². The van der Waals surface area contributed by atoms with Crippen LogP contribution in [0.4, 0.5) is 8.78 Å². The van der Waals surface area contributed by atoms with E-state index < -0.39 is 11.6 Å². The van der Waals surface area contributed by atoms with Crippen LogP contribution in [-0.4, -0.2) is 41.9 Å². The highest BCUT2D eigenvalue weighted by Gasteiger charge is 2.17. The Balaban J connectivity index is 0.00000243. The first kappa shape index (κ1) is 20.1. The summed E-state index contributed by atoms with van der Waals surface area (Å²) >= 11 is 0. The van der Waals surface area contributed by atoms with E-state index in [1.807, 2.05) is 10.9 Å². The molecule has 9 heteroatoms. The van der Waals surface area contributed by atoms with Gasteiger partial charge < -0.3 is 15.4 Å². The van der Waals surface area contributed by atoms with Gasteiger partial charge in [-0.3, -0.25) is 9.48 Å². The summed E-state index contributed by atoms with van der Waals surface area (Å²) in [4.78, 5) is 12.1. The summed E-state index contributed by atoms with van der Waals surface area (Å²) in [6.45, 7) is 2.24. The molecule has 0 saturated carbocycles. The Bertz CT molecular complexity index is 735. The van der Waals surface area contributed by atoms with Crippen LogP contribution >= 0.6 is 12.4 Å². The number of nitrogens with zero attached hydrogens (tertiary/aromatic N) is 2. The van der Waals surface area contributed by atoms with E-state index in [2.05, 4.69) is 15.7 Å². The first-order valence-electron chi connectivity index (χ1n) is 8.25. The van der Waals surface area contributed by atoms with Crippen LogP contribution in [0.2, 0.25) is 0 Å². The minimum Gasteiger partial charge on any atom is -0.492 e. The predicted octanol–water partition coefficient (Wildman–Crippen LogP) is 2.32. The first-order valence-corrected chi connectivity index (χ1v) is 8.25. The van der Waals surface area contributed by atoms with Crippen molar-refractivity contribution in [2.24, 2.45) is 0 Å². The number of amides is 1. The average molecular weight is 387 g/mol. The second-order valence-corrected chi connectivity index (χ2v) is 5.86. The number of piperidine rings is 1. The van der Waals surface area contributed by atoms with Crippen molar-refractivity contribution >= 4 is 18.3 Å². The molecular formula is C17H21ClF2N4O2. The molecule has 2 aromatic rings. The van der Waals surface area contributed by atoms with Crippen molar-refractivity contribution in [2.75, 3.05) is 26.2 Å². The zero-order valence-electron chi connectivity index (χ0n) is 14.1. The van der Waals surface area contributed by atoms with Crippen molar-refractivity contribution < 1.29 is 18.3 Å². The van der Waals surface area contributed by atoms with Crippen LogP contribution in [0.25, 0.3) is 0 Å². The molecule has 0 aliphatic carbocycles. The second kappa shape index (κ2) is 9.49. The van der Waals surface area contributed by atoms with E-state index in [4.69, 9.17) is 4.74 Å². The van der Waals surface area contributed by atoms with Crippen LogP contribution in [0.1, 0.15) is 29.4 Å². The number of hydrogen-bond donors (Lipinski definition) is 2. The molecule has 1 aliphatic rings. The topological polar surface area (TPSA) is 68.2 Å². The first-order chi connectivity index (χ1) is 12.1. The summed E-state index contributed by atoms with van der Waals surface area (Å²) in [5.41, 5.74) is 0.346. The molecule has 3 rings (SSSR count). The lowest BCUT2D eigenvalue weighted by atomic mass is 10.1. The lowest BCUT2D eigenvalue weighted by molar-refractivity contribution is 0.0940. The van der Waals surface area contributed by atoms with E-state index >= 15 is 0 Å². The Hall–Kier alpha value is -2.19. The van der Waals surface area contributed by atoms with Crippen LogP contribution in [0.3, 0.4) is 0 Å². The number of ether oxygens (including phenoxy) is 1. The smallest absolute Gasteiger partial charge is 0.271 e. The van der Waals surface area contributed by atoms with Gasteiger partial charge in [0.1, 0.15) is 18.1 Å². The Morgan fingerprint density at radius 2 is 2.19 bits per heavy atom. The molecule has 1 fully saturated rings. The monoisotopic (exact) mass is 386 g/mol. The second-order valence-electron chi connectivity index (χ2n) is 5.86. The SMILES string of the molecule is Cl.O=C(NCCOc1ccc(F)c(F)c1)c1ccn(C2CCCNC2)n1. The average Bonchev–Trinajstić information content (AvgIpc) is 3.12. The molecule has 1 aromatic carbocycles. The number of rotatable bonds is 6. The minimum absolute atomic E-state index is 0. The van der Waals surface area contributed by atoms with E-state index in [0.29, 0.717) is 5.69 Å². The summed E-state index contributed by atoms with van der Waals surface area (Å²) in [5.74, 6) is -1.98. The fourth-order valence-corrected chi connectivity index (χ4v) is 2.71. The molecule has 0 spiro atoms. The highest BCUT2D eigenvalue weighted by Crippen LogP contribution is 2.16. The fourth-order valence-electron chi connectivity index (χ4n) is 2.71. The number of carbonyl (C=O) groups is 1. The lowest BCUT2D eigenvalue weighted by Crippen LogP contribution is -2.32. The van der Waals surface area contributed by atoms with Gasteiger partial charge in [-0.25, -0.2) is 8.78 Å². The summed E-state index contributed by atoms with van der Waals surface area (Å²) < 4.78 is 33.0. The summed E-state index contributed by atoms with van der Waals surface area (Å²) in [6.07, 6.45) is 3.94. The molecule has 26 heavy (non-hydrogen) atoms. The fraction of sp³-hybridized carbons (Fsp3) is 0.412. The third-order valence-electron chi connectivity index (χ3n) is 4.03. The van der Waals surface area contributed by atoms with Crippen LogP contribution in [0, 0.1) is 11.6 Å². The summed E-state index contributed by atoms with van der Waals surface area (Å²) in [7, 11) is 0. The number of aromatic nitrogens is 2. The van der Waals surface area contributed by atoms with Crippen LogP contribution in [0.5, 0.6) is 5.75 Å². The normalized spacial score (nSPS) is 16.6. The summed E-state index contributed by atoms with van der Waals surface area (Å²) in [5, 5.41) is 10.3. The zero-order valence-corrected chi connectivity index (χ0v) is 14.9. The molecule has 1 aromatic heterocycles. The highest BCUT2D eigenvalue weighted by atomic mass is 35.5. The van der Waals surface area contributed by atoms with Crippen molar-refractivity contribution in [1.82, 2.24) is 20.4 Å². The van der Waals surface area contributed by atoms with Gasteiger partial charge in [-0.05, 0) is 37.6 Å². The van der Waals surface area contributed by atoms with Gasteiger partial charge in [0.2, 0.25) is 0 Å². The molecule has 0 radical (unpaired) electrons. The molecule has 0 bridgehead atoms. The van der Waals surface area contributed by atoms with Gasteiger partial charge in [0.25, 0.3) is 5.91 Å². The van der Waals surface area contributed by atoms with Crippen LogP contribution in [0.15, 0.2) is 30.5 Å². The predicted molar refractivity (Wildman–Crippen MR) is 94.8 cm³/mol. The standard InChI is InChI=1S/C17H20F2N4O2.ClH/c18-14-4-3-13(10-15(14)19)25-9-7-21-17(24)16-5-8-23(22-16)12-2-1-6-20-11-12;/h3-5,8,10,12,20H,1-2,6-7,9,11H2,(H,21,24);1H. The van der Waals surface area contributed by atoms with Gasteiger partial charge >= 0.3 is 0 Å². The molecule has 6 nitrogen and oxygen atoms in total. The van der Waals surface area contributed by atoms with Gasteiger partial charge in [-0.15, -0.1) is 12.4 Å². The quantitative estimate of drug-likeness (QED) is 0.748. The maximum absolute atomic E-state index is 13.1. The molecule has 1 atom stereocenters. The minimum atomic E-state index is -0.968. The van der Waals surface area contributed by atoms with Crippen molar-refractivity contribution in [3.05, 3.63) is 47.8 Å². The molecular weight excluding hydrogens is 366 g/mol. The van der Waals surface area contributed by atoms with Gasteiger partial charge in [0.15, 0.2) is 11.6 Å². The number of nitrogens with one attached hydrogen (secondary N) is 2. The Morgan fingerprint density at radius 1 is 1.35 bits per heavy atom. The molecule has 2 heterocycles. The van der Waals surface area contributed by atoms with Gasteiger partial charge in [0, 0.05) is 18.8 Å². The molecule has 1 unspecified atom stereocenters. The van der Waals surface area contributed by atoms with Crippen molar-refractivity contribution in [3.63, 3.8) is 0 Å². The largest absolute Gasteiger partial charge is 0.492 e. The van der Waals surface area contributed by atoms with E-state index in [0.717, 1.165) is 38.1 Å². The summed E-state index contributed by atoms with van der Waals surface area (Å²) in [6, 6.07) is 5.25. The van der Waals surface area contributed by atoms with E-state index in [9.17, 15) is 13.6 Å². The number of hydrogen-bond acceptors (Lipinski definition) is 4. The van der Waals surface area contributed by atoms with E-state index in [1.165, 1.54) is 6.07 Å². The van der Waals surface area contributed by atoms with E-state index in [-0.39, 0.29) is 43.3 Å². The Kier molecular flexibility index (Phi) is 7.35. The lowest BCUT2D eigenvalue weighted by Gasteiger charge is -2.22. The zero-order chi connectivity index (χ0) is 17.6. The molecule has 2 N–H and O–H groups in total. The molecule has 1 aliphatic heterocycles. The number of carbonyl (C=O) groups excluding carboxylic acids is 1. The van der Waals surface area contributed by atoms with Crippen molar-refractivity contribution in [1.29, 1.82) is 0 Å². The number of halogens is 3. The third kappa shape index (κ3) is 5.15. The maximum atomic E-state index is 13.1. The van der Waals surface area contributed by atoms with Crippen molar-refractivity contribution in [3.8, 4) is 5.75 Å². The third-order valence-corrected chi connectivity index (χ3v) is 4.03. The van der Waals surface area contributed by atoms with Gasteiger partial charge in [0.05, 0.1) is 12.6 Å². The Morgan fingerprint density at radius 3 is 2.92 bits per heavy atom. The maximum Gasteiger partial charge on any atom is 0.271 e. The highest BCUT2D eigenvalue weighted by molar-refractivity contribution is 5.92. The molecule has 1 amide bonds.